The second kappa shape index (κ2) is 11.2. The zero-order valence-corrected chi connectivity index (χ0v) is 21.4. The Bertz CT molecular complexity index is 783. The smallest absolute Gasteiger partial charge is 0.416 e. The molecule has 0 spiro atoms. The van der Waals surface area contributed by atoms with Gasteiger partial charge in [0, 0.05) is 32.7 Å². The van der Waals surface area contributed by atoms with Crippen molar-refractivity contribution in [1.82, 2.24) is 15.5 Å². The molecule has 2 saturated heterocycles. The van der Waals surface area contributed by atoms with E-state index in [2.05, 4.69) is 20.5 Å². The predicted molar refractivity (Wildman–Crippen MR) is 130 cm³/mol. The molecule has 2 aliphatic heterocycles. The molecule has 0 bridgehead atoms. The van der Waals surface area contributed by atoms with Gasteiger partial charge in [-0.15, -0.1) is 24.0 Å². The molecule has 1 aromatic carbocycles. The van der Waals surface area contributed by atoms with E-state index in [0.717, 1.165) is 25.8 Å². The van der Waals surface area contributed by atoms with Crippen molar-refractivity contribution in [3.8, 4) is 5.75 Å². The molecule has 2 unspecified atom stereocenters. The third kappa shape index (κ3) is 7.65. The topological polar surface area (TPSA) is 58.1 Å². The summed E-state index contributed by atoms with van der Waals surface area (Å²) in [5, 5.41) is 6.15. The lowest BCUT2D eigenvalue weighted by Gasteiger charge is -2.35. The lowest BCUT2D eigenvalue weighted by atomic mass is 10.1. The molecule has 0 aliphatic carbocycles. The molecule has 2 atom stereocenters. The molecule has 0 amide bonds. The average Bonchev–Trinajstić information content (AvgIpc) is 3.14. The Balaban J connectivity index is 0.00000363. The van der Waals surface area contributed by atoms with Crippen LogP contribution in [0.3, 0.4) is 0 Å². The van der Waals surface area contributed by atoms with E-state index in [4.69, 9.17) is 9.47 Å². The van der Waals surface area contributed by atoms with Crippen LogP contribution in [0.1, 0.15) is 44.7 Å². The Labute approximate surface area is 205 Å². The Morgan fingerprint density at radius 2 is 2.00 bits per heavy atom. The molecule has 2 N–H and O–H groups in total. The molecule has 2 aliphatic rings. The largest absolute Gasteiger partial charge is 0.488 e. The Morgan fingerprint density at radius 3 is 2.66 bits per heavy atom. The average molecular weight is 570 g/mol. The fourth-order valence-electron chi connectivity index (χ4n) is 4.01. The molecular formula is C22H34F3IN4O2. The number of halogens is 4. The number of ether oxygens (including phenoxy) is 2. The van der Waals surface area contributed by atoms with Crippen molar-refractivity contribution in [2.45, 2.75) is 64.1 Å². The summed E-state index contributed by atoms with van der Waals surface area (Å²) in [5.41, 5.74) is -1.16. The van der Waals surface area contributed by atoms with Crippen molar-refractivity contribution in [3.05, 3.63) is 29.3 Å². The summed E-state index contributed by atoms with van der Waals surface area (Å²) in [5.74, 6) is 0.635. The Morgan fingerprint density at radius 1 is 1.25 bits per heavy atom. The van der Waals surface area contributed by atoms with Crippen LogP contribution in [0, 0.1) is 0 Å². The van der Waals surface area contributed by atoms with Crippen LogP contribution in [-0.2, 0) is 17.5 Å². The van der Waals surface area contributed by atoms with Crippen LogP contribution in [0.2, 0.25) is 0 Å². The van der Waals surface area contributed by atoms with Crippen molar-refractivity contribution < 1.29 is 22.6 Å². The van der Waals surface area contributed by atoms with Gasteiger partial charge in [0.25, 0.3) is 0 Å². The van der Waals surface area contributed by atoms with Gasteiger partial charge >= 0.3 is 6.18 Å². The lowest BCUT2D eigenvalue weighted by Crippen LogP contribution is -2.51. The summed E-state index contributed by atoms with van der Waals surface area (Å²) >= 11 is 0. The highest BCUT2D eigenvalue weighted by atomic mass is 127. The van der Waals surface area contributed by atoms with E-state index in [0.29, 0.717) is 18.5 Å². The first-order chi connectivity index (χ1) is 14.5. The van der Waals surface area contributed by atoms with Crippen molar-refractivity contribution in [3.63, 3.8) is 0 Å². The summed E-state index contributed by atoms with van der Waals surface area (Å²) in [6.07, 6.45) is -2.05. The molecule has 10 heteroatoms. The minimum Gasteiger partial charge on any atom is -0.488 e. The van der Waals surface area contributed by atoms with E-state index in [-0.39, 0.29) is 47.9 Å². The number of alkyl halides is 3. The number of aliphatic imine (C=N–C) groups is 1. The minimum atomic E-state index is -4.48. The van der Waals surface area contributed by atoms with Crippen LogP contribution in [0.5, 0.6) is 5.75 Å². The maximum absolute atomic E-state index is 13.6. The molecule has 3 rings (SSSR count). The maximum atomic E-state index is 13.6. The van der Waals surface area contributed by atoms with Crippen LogP contribution < -0.4 is 15.4 Å². The number of morpholine rings is 1. The molecule has 2 heterocycles. The SMILES string of the molecule is CN=C(NCc1ccc(OC(C)(C)C)cc1C(F)(F)F)NCC1CN2CCCC2CO1.I. The number of nitrogens with one attached hydrogen (secondary N) is 2. The van der Waals surface area contributed by atoms with E-state index in [1.807, 2.05) is 0 Å². The molecule has 0 radical (unpaired) electrons. The Kier molecular flexibility index (Phi) is 9.47. The van der Waals surface area contributed by atoms with Gasteiger partial charge in [0.15, 0.2) is 5.96 Å². The summed E-state index contributed by atoms with van der Waals surface area (Å²) < 4.78 is 52.4. The van der Waals surface area contributed by atoms with Crippen LogP contribution in [-0.4, -0.2) is 61.9 Å². The third-order valence-electron chi connectivity index (χ3n) is 5.44. The van der Waals surface area contributed by atoms with Gasteiger partial charge in [-0.25, -0.2) is 0 Å². The van der Waals surface area contributed by atoms with E-state index in [1.165, 1.54) is 18.9 Å². The molecule has 2 fully saturated rings. The number of guanidine groups is 1. The van der Waals surface area contributed by atoms with Gasteiger partial charge in [-0.3, -0.25) is 9.89 Å². The number of benzene rings is 1. The van der Waals surface area contributed by atoms with Gasteiger partial charge in [-0.05, 0) is 57.9 Å². The molecule has 32 heavy (non-hydrogen) atoms. The van der Waals surface area contributed by atoms with E-state index >= 15 is 0 Å². The zero-order valence-electron chi connectivity index (χ0n) is 19.1. The summed E-state index contributed by atoms with van der Waals surface area (Å²) in [6.45, 7) is 8.63. The van der Waals surface area contributed by atoms with Crippen molar-refractivity contribution in [2.24, 2.45) is 4.99 Å². The molecule has 182 valence electrons. The van der Waals surface area contributed by atoms with Gasteiger partial charge in [-0.2, -0.15) is 13.2 Å². The Hall–Kier alpha value is -1.27. The van der Waals surface area contributed by atoms with Gasteiger partial charge in [0.2, 0.25) is 0 Å². The van der Waals surface area contributed by atoms with E-state index < -0.39 is 17.3 Å². The second-order valence-corrected chi connectivity index (χ2v) is 9.08. The fourth-order valence-corrected chi connectivity index (χ4v) is 4.01. The molecular weight excluding hydrogens is 536 g/mol. The standard InChI is InChI=1S/C22H33F3N4O2.HI/c1-21(2,3)31-17-8-7-15(19(10-17)22(23,24)25)11-27-20(26-4)28-12-18-13-29-9-5-6-16(29)14-30-18;/h7-8,10,16,18H,5-6,9,11-14H2,1-4H3,(H2,26,27,28);1H. The number of rotatable bonds is 5. The second-order valence-electron chi connectivity index (χ2n) is 9.08. The first-order valence-electron chi connectivity index (χ1n) is 10.7. The van der Waals surface area contributed by atoms with Gasteiger partial charge in [0.05, 0.1) is 18.3 Å². The summed E-state index contributed by atoms with van der Waals surface area (Å²) in [7, 11) is 1.60. The van der Waals surface area contributed by atoms with Crippen molar-refractivity contribution >= 4 is 29.9 Å². The minimum absolute atomic E-state index is 0. The van der Waals surface area contributed by atoms with Crippen molar-refractivity contribution in [2.75, 3.05) is 33.3 Å². The van der Waals surface area contributed by atoms with Crippen LogP contribution in [0.15, 0.2) is 23.2 Å². The maximum Gasteiger partial charge on any atom is 0.416 e. The van der Waals surface area contributed by atoms with Crippen LogP contribution in [0.4, 0.5) is 13.2 Å². The summed E-state index contributed by atoms with van der Waals surface area (Å²) in [6, 6.07) is 4.60. The quantitative estimate of drug-likeness (QED) is 0.318. The first kappa shape index (κ1) is 27.0. The zero-order chi connectivity index (χ0) is 22.6. The highest BCUT2D eigenvalue weighted by Gasteiger charge is 2.34. The normalized spacial score (nSPS) is 22.2. The van der Waals surface area contributed by atoms with Crippen LogP contribution in [0.25, 0.3) is 0 Å². The monoisotopic (exact) mass is 570 g/mol. The van der Waals surface area contributed by atoms with Gasteiger partial charge in [0.1, 0.15) is 11.4 Å². The predicted octanol–water partition coefficient (Wildman–Crippen LogP) is 4.03. The molecule has 0 saturated carbocycles. The molecule has 6 nitrogen and oxygen atoms in total. The number of nitrogens with zero attached hydrogens (tertiary/aromatic N) is 2. The molecule has 1 aromatic rings. The molecule has 0 aromatic heterocycles. The number of hydrogen-bond donors (Lipinski definition) is 2. The highest BCUT2D eigenvalue weighted by Crippen LogP contribution is 2.35. The van der Waals surface area contributed by atoms with E-state index in [9.17, 15) is 13.2 Å². The highest BCUT2D eigenvalue weighted by molar-refractivity contribution is 14.0. The summed E-state index contributed by atoms with van der Waals surface area (Å²) in [4.78, 5) is 6.58. The number of hydrogen-bond acceptors (Lipinski definition) is 4. The first-order valence-corrected chi connectivity index (χ1v) is 10.7. The van der Waals surface area contributed by atoms with Crippen LogP contribution >= 0.6 is 24.0 Å². The van der Waals surface area contributed by atoms with Gasteiger partial charge in [-0.1, -0.05) is 6.07 Å². The number of fused-ring (bicyclic) bond motifs is 1. The fraction of sp³-hybridized carbons (Fsp3) is 0.682. The third-order valence-corrected chi connectivity index (χ3v) is 5.44. The lowest BCUT2D eigenvalue weighted by molar-refractivity contribution is -0.138. The van der Waals surface area contributed by atoms with Crippen molar-refractivity contribution in [1.29, 1.82) is 0 Å². The van der Waals surface area contributed by atoms with Gasteiger partial charge < -0.3 is 20.1 Å². The van der Waals surface area contributed by atoms with E-state index in [1.54, 1.807) is 33.9 Å².